The highest BCUT2D eigenvalue weighted by atomic mass is 16.5. The van der Waals surface area contributed by atoms with E-state index < -0.39 is 0 Å². The van der Waals surface area contributed by atoms with Gasteiger partial charge in [0.15, 0.2) is 0 Å². The molecular weight excluding hydrogens is 511 g/mol. The van der Waals surface area contributed by atoms with Crippen LogP contribution in [-0.4, -0.2) is 6.71 Å². The van der Waals surface area contributed by atoms with Crippen LogP contribution in [-0.2, 0) is 16.2 Å². The SMILES string of the molecule is Cc1cc(C)c(-c2cc3c4c(c2)Oc2cc5c(cc2B4c2cc(C(C)(C)C)ccc2O3)C(C)(C)CCC5(C)C)c(C)c1. The molecule has 2 nitrogen and oxygen atoms in total. The summed E-state index contributed by atoms with van der Waals surface area (Å²) in [5.41, 5.74) is 14.4. The molecule has 0 radical (unpaired) electrons. The predicted octanol–water partition coefficient (Wildman–Crippen LogP) is 8.65. The normalized spacial score (nSPS) is 17.3. The van der Waals surface area contributed by atoms with Gasteiger partial charge in [-0.3, -0.25) is 0 Å². The largest absolute Gasteiger partial charge is 0.458 e. The van der Waals surface area contributed by atoms with E-state index >= 15 is 0 Å². The number of rotatable bonds is 1. The molecule has 0 aromatic heterocycles. The van der Waals surface area contributed by atoms with Crippen molar-refractivity contribution < 1.29 is 9.47 Å². The molecule has 0 atom stereocenters. The number of hydrogen-bond acceptors (Lipinski definition) is 2. The van der Waals surface area contributed by atoms with Crippen molar-refractivity contribution in [2.45, 2.75) is 98.3 Å². The third-order valence-corrected chi connectivity index (χ3v) is 10.3. The Balaban J connectivity index is 1.52. The van der Waals surface area contributed by atoms with Gasteiger partial charge in [-0.1, -0.05) is 84.4 Å². The number of benzene rings is 4. The van der Waals surface area contributed by atoms with Gasteiger partial charge in [0.05, 0.1) is 0 Å². The average molecular weight is 555 g/mol. The van der Waals surface area contributed by atoms with Crippen LogP contribution in [0.5, 0.6) is 23.0 Å². The molecule has 2 heterocycles. The first kappa shape index (κ1) is 27.4. The van der Waals surface area contributed by atoms with Gasteiger partial charge in [-0.2, -0.15) is 0 Å². The fraction of sp³-hybridized carbons (Fsp3) is 0.385. The van der Waals surface area contributed by atoms with E-state index in [1.165, 1.54) is 62.7 Å². The van der Waals surface area contributed by atoms with Crippen molar-refractivity contribution in [3.8, 4) is 34.1 Å². The second kappa shape index (κ2) is 8.79. The van der Waals surface area contributed by atoms with Crippen LogP contribution in [0.1, 0.15) is 94.7 Å². The Morgan fingerprint density at radius 3 is 1.79 bits per heavy atom. The standard InChI is InChI=1S/C39H43BO2/c1-22-15-23(2)35(24(3)16-22)25-17-33-36-34(18-25)42-32-21-28-27(38(7,8)13-14-39(28,9)10)20-30(32)40(36)29-19-26(37(4,5)6)11-12-31(29)41-33/h11-12,15-21H,13-14H2,1-10H3. The minimum atomic E-state index is 0.0400. The van der Waals surface area contributed by atoms with E-state index in [9.17, 15) is 0 Å². The molecule has 0 fully saturated rings. The first-order chi connectivity index (χ1) is 19.6. The average Bonchev–Trinajstić information content (AvgIpc) is 2.89. The van der Waals surface area contributed by atoms with Gasteiger partial charge >= 0.3 is 0 Å². The Morgan fingerprint density at radius 2 is 1.19 bits per heavy atom. The van der Waals surface area contributed by atoms with Gasteiger partial charge < -0.3 is 9.47 Å². The molecule has 3 heteroatoms. The third-order valence-electron chi connectivity index (χ3n) is 10.3. The molecule has 0 spiro atoms. The third kappa shape index (κ3) is 4.07. The van der Waals surface area contributed by atoms with E-state index in [4.69, 9.17) is 9.47 Å². The lowest BCUT2D eigenvalue weighted by molar-refractivity contribution is 0.330. The molecule has 0 unspecified atom stereocenters. The minimum absolute atomic E-state index is 0.0400. The monoisotopic (exact) mass is 554 g/mol. The van der Waals surface area contributed by atoms with Crippen molar-refractivity contribution in [3.05, 3.63) is 88.0 Å². The van der Waals surface area contributed by atoms with Crippen LogP contribution in [0.3, 0.4) is 0 Å². The van der Waals surface area contributed by atoms with E-state index in [0.717, 1.165) is 34.0 Å². The highest BCUT2D eigenvalue weighted by molar-refractivity contribution is 6.98. The van der Waals surface area contributed by atoms with E-state index in [1.54, 1.807) is 0 Å². The summed E-state index contributed by atoms with van der Waals surface area (Å²) < 4.78 is 13.7. The molecule has 0 N–H and O–H groups in total. The zero-order valence-corrected chi connectivity index (χ0v) is 27.0. The van der Waals surface area contributed by atoms with Crippen LogP contribution in [0.4, 0.5) is 0 Å². The van der Waals surface area contributed by atoms with Gasteiger partial charge in [0.25, 0.3) is 6.71 Å². The smallest absolute Gasteiger partial charge is 0.260 e. The number of ether oxygens (including phenoxy) is 2. The Hall–Kier alpha value is -3.46. The van der Waals surface area contributed by atoms with Crippen LogP contribution in [0.25, 0.3) is 11.1 Å². The number of aryl methyl sites for hydroxylation is 3. The lowest BCUT2D eigenvalue weighted by Crippen LogP contribution is -2.58. The van der Waals surface area contributed by atoms with E-state index in [-0.39, 0.29) is 23.0 Å². The molecule has 214 valence electrons. The van der Waals surface area contributed by atoms with Gasteiger partial charge in [-0.25, -0.2) is 0 Å². The van der Waals surface area contributed by atoms with Gasteiger partial charge in [0.2, 0.25) is 0 Å². The molecule has 0 bridgehead atoms. The van der Waals surface area contributed by atoms with Crippen LogP contribution >= 0.6 is 0 Å². The summed E-state index contributed by atoms with van der Waals surface area (Å²) in [6.45, 7) is 23.1. The van der Waals surface area contributed by atoms with Crippen molar-refractivity contribution in [1.82, 2.24) is 0 Å². The van der Waals surface area contributed by atoms with Gasteiger partial charge in [-0.05, 0) is 124 Å². The molecule has 1 aliphatic carbocycles. The first-order valence-electron chi connectivity index (χ1n) is 15.6. The van der Waals surface area contributed by atoms with Crippen molar-refractivity contribution >= 4 is 23.1 Å². The van der Waals surface area contributed by atoms with E-state index in [0.29, 0.717) is 0 Å². The highest BCUT2D eigenvalue weighted by Gasteiger charge is 2.44. The Bertz CT molecular complexity index is 1780. The number of hydrogen-bond donors (Lipinski definition) is 0. The predicted molar refractivity (Wildman–Crippen MR) is 178 cm³/mol. The Kier molecular flexibility index (Phi) is 5.73. The lowest BCUT2D eigenvalue weighted by atomic mass is 9.34. The summed E-state index contributed by atoms with van der Waals surface area (Å²) in [6.07, 6.45) is 2.36. The van der Waals surface area contributed by atoms with Crippen LogP contribution in [0.2, 0.25) is 0 Å². The topological polar surface area (TPSA) is 18.5 Å². The zero-order chi connectivity index (χ0) is 29.9. The van der Waals surface area contributed by atoms with Crippen molar-refractivity contribution in [1.29, 1.82) is 0 Å². The minimum Gasteiger partial charge on any atom is -0.458 e. The van der Waals surface area contributed by atoms with Crippen LogP contribution in [0, 0.1) is 20.8 Å². The molecule has 2 aliphatic heterocycles. The van der Waals surface area contributed by atoms with E-state index in [2.05, 4.69) is 124 Å². The second-order valence-corrected chi connectivity index (χ2v) is 15.5. The Morgan fingerprint density at radius 1 is 0.643 bits per heavy atom. The van der Waals surface area contributed by atoms with E-state index in [1.807, 2.05) is 0 Å². The Labute approximate surface area is 252 Å². The van der Waals surface area contributed by atoms with Gasteiger partial charge in [0.1, 0.15) is 23.0 Å². The molecule has 4 aromatic rings. The summed E-state index contributed by atoms with van der Waals surface area (Å²) >= 11 is 0. The van der Waals surface area contributed by atoms with Gasteiger partial charge in [-0.15, -0.1) is 0 Å². The maximum absolute atomic E-state index is 6.95. The molecule has 3 aliphatic rings. The molecular formula is C39H43BO2. The molecule has 42 heavy (non-hydrogen) atoms. The second-order valence-electron chi connectivity index (χ2n) is 15.5. The van der Waals surface area contributed by atoms with Crippen molar-refractivity contribution in [2.75, 3.05) is 0 Å². The molecule has 4 aromatic carbocycles. The van der Waals surface area contributed by atoms with Crippen LogP contribution in [0.15, 0.2) is 54.6 Å². The first-order valence-corrected chi connectivity index (χ1v) is 15.6. The zero-order valence-electron chi connectivity index (χ0n) is 27.0. The van der Waals surface area contributed by atoms with Crippen molar-refractivity contribution in [2.24, 2.45) is 0 Å². The molecule has 0 amide bonds. The summed E-state index contributed by atoms with van der Waals surface area (Å²) in [5.74, 6) is 3.77. The fourth-order valence-electron chi connectivity index (χ4n) is 7.81. The maximum Gasteiger partial charge on any atom is 0.260 e. The highest BCUT2D eigenvalue weighted by Crippen LogP contribution is 2.48. The summed E-state index contributed by atoms with van der Waals surface area (Å²) in [6, 6.07) is 20.7. The maximum atomic E-state index is 6.95. The summed E-state index contributed by atoms with van der Waals surface area (Å²) in [5, 5.41) is 0. The van der Waals surface area contributed by atoms with Crippen molar-refractivity contribution in [3.63, 3.8) is 0 Å². The number of fused-ring (bicyclic) bond motifs is 5. The lowest BCUT2D eigenvalue weighted by Gasteiger charge is -2.43. The molecule has 7 rings (SSSR count). The summed E-state index contributed by atoms with van der Waals surface area (Å²) in [7, 11) is 0. The summed E-state index contributed by atoms with van der Waals surface area (Å²) in [4.78, 5) is 0. The van der Waals surface area contributed by atoms with Gasteiger partial charge in [0, 0.05) is 5.46 Å². The molecule has 0 saturated heterocycles. The fourth-order valence-corrected chi connectivity index (χ4v) is 7.81. The van der Waals surface area contributed by atoms with Crippen LogP contribution < -0.4 is 25.9 Å². The quantitative estimate of drug-likeness (QED) is 0.189. The molecule has 0 saturated carbocycles.